The molecule has 0 saturated heterocycles. The molecule has 0 aromatic rings. The van der Waals surface area contributed by atoms with E-state index in [0.717, 1.165) is 0 Å². The van der Waals surface area contributed by atoms with Gasteiger partial charge in [-0.1, -0.05) is 6.92 Å². The number of carbonyl (C=O) groups excluding carboxylic acids is 2. The molecule has 0 rings (SSSR count). The Kier molecular flexibility index (Phi) is 8.24. The second-order valence-electron chi connectivity index (χ2n) is 3.10. The topological polar surface area (TPSA) is 84.9 Å². The third-order valence-electron chi connectivity index (χ3n) is 1.72. The summed E-state index contributed by atoms with van der Waals surface area (Å²) in [5.41, 5.74) is 0. The second-order valence-corrected chi connectivity index (χ2v) is 3.10. The monoisotopic (exact) mass is 233 g/mol. The number of hydrogen-bond donors (Lipinski definition) is 2. The zero-order chi connectivity index (χ0) is 12.4. The van der Waals surface area contributed by atoms with Gasteiger partial charge in [0.05, 0.1) is 13.2 Å². The molecule has 6 nitrogen and oxygen atoms in total. The Hall–Kier alpha value is -1.30. The van der Waals surface area contributed by atoms with Crippen molar-refractivity contribution >= 4 is 12.1 Å². The lowest BCUT2D eigenvalue weighted by molar-refractivity contribution is -0.145. The minimum Gasteiger partial charge on any atom is -0.464 e. The van der Waals surface area contributed by atoms with Crippen LogP contribution in [0.3, 0.4) is 0 Å². The van der Waals surface area contributed by atoms with E-state index in [9.17, 15) is 9.59 Å². The van der Waals surface area contributed by atoms with Crippen LogP contribution in [0.25, 0.3) is 0 Å². The van der Waals surface area contributed by atoms with E-state index in [1.165, 1.54) is 0 Å². The first kappa shape index (κ1) is 14.7. The van der Waals surface area contributed by atoms with Gasteiger partial charge in [0.15, 0.2) is 0 Å². The van der Waals surface area contributed by atoms with Crippen LogP contribution in [0.15, 0.2) is 0 Å². The summed E-state index contributed by atoms with van der Waals surface area (Å²) in [6, 6.07) is -0.852. The molecule has 0 aliphatic carbocycles. The number of carbonyl (C=O) groups is 2. The van der Waals surface area contributed by atoms with Crippen LogP contribution in [0, 0.1) is 0 Å². The van der Waals surface area contributed by atoms with Crippen LogP contribution < -0.4 is 5.32 Å². The molecule has 16 heavy (non-hydrogen) atoms. The summed E-state index contributed by atoms with van der Waals surface area (Å²) < 4.78 is 9.50. The molecular weight excluding hydrogens is 214 g/mol. The normalized spacial score (nSPS) is 11.7. The minimum atomic E-state index is -0.852. The van der Waals surface area contributed by atoms with Gasteiger partial charge < -0.3 is 19.9 Å². The van der Waals surface area contributed by atoms with Crippen LogP contribution in [-0.4, -0.2) is 43.0 Å². The first-order valence-corrected chi connectivity index (χ1v) is 5.36. The fraction of sp³-hybridized carbons (Fsp3) is 0.800. The van der Waals surface area contributed by atoms with Crippen LogP contribution in [0.2, 0.25) is 0 Å². The Bertz CT molecular complexity index is 219. The number of aliphatic hydroxyl groups is 1. The molecule has 6 heteroatoms. The zero-order valence-corrected chi connectivity index (χ0v) is 9.69. The SMILES string of the molecule is CCCOC(=O)N[C@@H](CCO)C(=O)OCC. The molecule has 0 aliphatic rings. The molecule has 0 spiro atoms. The molecule has 94 valence electrons. The predicted molar refractivity (Wildman–Crippen MR) is 56.9 cm³/mol. The van der Waals surface area contributed by atoms with Gasteiger partial charge in [0.2, 0.25) is 0 Å². The summed E-state index contributed by atoms with van der Waals surface area (Å²) in [6.07, 6.45) is 0.144. The fourth-order valence-corrected chi connectivity index (χ4v) is 1.000. The van der Waals surface area contributed by atoms with Crippen molar-refractivity contribution in [2.45, 2.75) is 32.7 Å². The van der Waals surface area contributed by atoms with E-state index < -0.39 is 18.1 Å². The van der Waals surface area contributed by atoms with Crippen molar-refractivity contribution in [2.75, 3.05) is 19.8 Å². The smallest absolute Gasteiger partial charge is 0.407 e. The molecule has 0 aromatic carbocycles. The lowest BCUT2D eigenvalue weighted by Gasteiger charge is -2.15. The van der Waals surface area contributed by atoms with E-state index in [-0.39, 0.29) is 19.6 Å². The highest BCUT2D eigenvalue weighted by molar-refractivity contribution is 5.81. The number of aliphatic hydroxyl groups excluding tert-OH is 1. The van der Waals surface area contributed by atoms with Crippen molar-refractivity contribution in [1.29, 1.82) is 0 Å². The van der Waals surface area contributed by atoms with Crippen molar-refractivity contribution < 1.29 is 24.2 Å². The van der Waals surface area contributed by atoms with Crippen molar-refractivity contribution in [3.8, 4) is 0 Å². The Balaban J connectivity index is 4.10. The summed E-state index contributed by atoms with van der Waals surface area (Å²) >= 11 is 0. The largest absolute Gasteiger partial charge is 0.464 e. The van der Waals surface area contributed by atoms with Crippen LogP contribution in [0.5, 0.6) is 0 Å². The van der Waals surface area contributed by atoms with E-state index in [4.69, 9.17) is 14.6 Å². The van der Waals surface area contributed by atoms with E-state index in [2.05, 4.69) is 5.32 Å². The van der Waals surface area contributed by atoms with E-state index in [1.807, 2.05) is 6.92 Å². The quantitative estimate of drug-likeness (QED) is 0.623. The Morgan fingerprint density at radius 1 is 1.31 bits per heavy atom. The number of esters is 1. The molecule has 0 fully saturated rings. The van der Waals surface area contributed by atoms with Gasteiger partial charge in [0, 0.05) is 13.0 Å². The molecule has 1 atom stereocenters. The number of ether oxygens (including phenoxy) is 2. The van der Waals surface area contributed by atoms with Crippen LogP contribution in [-0.2, 0) is 14.3 Å². The number of hydrogen-bond acceptors (Lipinski definition) is 5. The fourth-order valence-electron chi connectivity index (χ4n) is 1.000. The first-order chi connectivity index (χ1) is 7.65. The Labute approximate surface area is 94.9 Å². The molecule has 0 aliphatic heterocycles. The Morgan fingerprint density at radius 3 is 2.50 bits per heavy atom. The molecule has 0 bridgehead atoms. The number of nitrogens with one attached hydrogen (secondary N) is 1. The predicted octanol–water partition coefficient (Wildman–Crippen LogP) is 0.437. The highest BCUT2D eigenvalue weighted by Gasteiger charge is 2.21. The molecule has 0 heterocycles. The highest BCUT2D eigenvalue weighted by Crippen LogP contribution is 1.96. The summed E-state index contributed by atoms with van der Waals surface area (Å²) in [6.45, 7) is 3.84. The lowest BCUT2D eigenvalue weighted by atomic mass is 10.2. The number of amides is 1. The van der Waals surface area contributed by atoms with Gasteiger partial charge in [0.1, 0.15) is 6.04 Å². The van der Waals surface area contributed by atoms with Crippen LogP contribution >= 0.6 is 0 Å². The third kappa shape index (κ3) is 6.23. The number of alkyl carbamates (subject to hydrolysis) is 1. The maximum atomic E-state index is 11.3. The summed E-state index contributed by atoms with van der Waals surface area (Å²) in [7, 11) is 0. The van der Waals surface area contributed by atoms with E-state index >= 15 is 0 Å². The maximum Gasteiger partial charge on any atom is 0.407 e. The first-order valence-electron chi connectivity index (χ1n) is 5.36. The molecule has 0 saturated carbocycles. The van der Waals surface area contributed by atoms with Crippen LogP contribution in [0.4, 0.5) is 4.79 Å². The van der Waals surface area contributed by atoms with Gasteiger partial charge in [0.25, 0.3) is 0 Å². The lowest BCUT2D eigenvalue weighted by Crippen LogP contribution is -2.42. The average Bonchev–Trinajstić information content (AvgIpc) is 2.26. The molecule has 0 unspecified atom stereocenters. The van der Waals surface area contributed by atoms with Gasteiger partial charge in [-0.2, -0.15) is 0 Å². The van der Waals surface area contributed by atoms with E-state index in [1.54, 1.807) is 6.92 Å². The van der Waals surface area contributed by atoms with Crippen molar-refractivity contribution in [3.05, 3.63) is 0 Å². The minimum absolute atomic E-state index is 0.111. The highest BCUT2D eigenvalue weighted by atomic mass is 16.6. The molecule has 2 N–H and O–H groups in total. The maximum absolute atomic E-state index is 11.3. The summed E-state index contributed by atoms with van der Waals surface area (Å²) in [5.74, 6) is -0.565. The van der Waals surface area contributed by atoms with Gasteiger partial charge >= 0.3 is 12.1 Å². The van der Waals surface area contributed by atoms with E-state index in [0.29, 0.717) is 13.0 Å². The van der Waals surface area contributed by atoms with Gasteiger partial charge in [-0.25, -0.2) is 9.59 Å². The van der Waals surface area contributed by atoms with Gasteiger partial charge in [-0.15, -0.1) is 0 Å². The molecule has 0 aromatic heterocycles. The summed E-state index contributed by atoms with van der Waals surface area (Å²) in [4.78, 5) is 22.5. The number of rotatable bonds is 7. The third-order valence-corrected chi connectivity index (χ3v) is 1.72. The van der Waals surface area contributed by atoms with Gasteiger partial charge in [-0.3, -0.25) is 0 Å². The van der Waals surface area contributed by atoms with Gasteiger partial charge in [-0.05, 0) is 13.3 Å². The van der Waals surface area contributed by atoms with Crippen molar-refractivity contribution in [2.24, 2.45) is 0 Å². The molecule has 1 amide bonds. The van der Waals surface area contributed by atoms with Crippen LogP contribution in [0.1, 0.15) is 26.7 Å². The zero-order valence-electron chi connectivity index (χ0n) is 9.69. The molecular formula is C10H19NO5. The Morgan fingerprint density at radius 2 is 2.00 bits per heavy atom. The standard InChI is InChI=1S/C10H19NO5/c1-3-7-16-10(14)11-8(5-6-12)9(13)15-4-2/h8,12H,3-7H2,1-2H3,(H,11,14)/t8-/m0/s1. The second kappa shape index (κ2) is 8.96. The average molecular weight is 233 g/mol. The summed E-state index contributed by atoms with van der Waals surface area (Å²) in [5, 5.41) is 11.1. The van der Waals surface area contributed by atoms with Crippen molar-refractivity contribution in [1.82, 2.24) is 5.32 Å². The molecule has 0 radical (unpaired) electrons. The van der Waals surface area contributed by atoms with Crippen molar-refractivity contribution in [3.63, 3.8) is 0 Å².